The molecule has 3 heterocycles. The molecule has 1 aromatic rings. The number of likely N-dealkylation sites (N-methyl/N-ethyl adjacent to an activating group) is 1. The van der Waals surface area contributed by atoms with Crippen LogP contribution < -0.4 is 5.32 Å². The van der Waals surface area contributed by atoms with E-state index in [0.717, 1.165) is 24.6 Å². The summed E-state index contributed by atoms with van der Waals surface area (Å²) in [5.41, 5.74) is 1.09. The average molecular weight is 343 g/mol. The largest absolute Gasteiger partial charge is 0.378 e. The van der Waals surface area contributed by atoms with Crippen LogP contribution in [0.1, 0.15) is 5.56 Å². The van der Waals surface area contributed by atoms with Crippen LogP contribution in [0.2, 0.25) is 0 Å². The minimum atomic E-state index is -0.513. The molecule has 3 aliphatic rings. The van der Waals surface area contributed by atoms with Crippen LogP contribution in [0.3, 0.4) is 0 Å². The molecule has 0 spiro atoms. The van der Waals surface area contributed by atoms with Gasteiger partial charge in [-0.1, -0.05) is 30.3 Å². The Balaban J connectivity index is 1.67. The zero-order valence-electron chi connectivity index (χ0n) is 14.1. The SMILES string of the molecule is CN1C(=O)NC(=O)C2C1N=C(N1CCOCC1)N2Cc1ccccc1. The molecule has 8 nitrogen and oxygen atoms in total. The van der Waals surface area contributed by atoms with Gasteiger partial charge in [0.2, 0.25) is 0 Å². The fourth-order valence-electron chi connectivity index (χ4n) is 3.49. The molecular formula is C17H21N5O3. The van der Waals surface area contributed by atoms with E-state index >= 15 is 0 Å². The number of benzene rings is 1. The molecule has 0 bridgehead atoms. The normalized spacial score (nSPS) is 26.4. The van der Waals surface area contributed by atoms with Crippen LogP contribution in [0, 0.1) is 0 Å². The molecule has 1 aromatic carbocycles. The molecule has 1 N–H and O–H groups in total. The summed E-state index contributed by atoms with van der Waals surface area (Å²) in [6.45, 7) is 3.28. The van der Waals surface area contributed by atoms with Gasteiger partial charge >= 0.3 is 6.03 Å². The summed E-state index contributed by atoms with van der Waals surface area (Å²) < 4.78 is 5.43. The van der Waals surface area contributed by atoms with Crippen LogP contribution in [0.25, 0.3) is 0 Å². The topological polar surface area (TPSA) is 77.5 Å². The molecule has 8 heteroatoms. The number of imide groups is 1. The highest BCUT2D eigenvalue weighted by Crippen LogP contribution is 2.27. The Labute approximate surface area is 146 Å². The lowest BCUT2D eigenvalue weighted by Gasteiger charge is -2.38. The van der Waals surface area contributed by atoms with Gasteiger partial charge in [-0.25, -0.2) is 9.79 Å². The smallest absolute Gasteiger partial charge is 0.325 e. The standard InChI is InChI=1S/C17H21N5O3/c1-20-14-13(15(23)19-17(20)24)22(11-12-5-3-2-4-6-12)16(18-14)21-7-9-25-10-8-21/h2-6,13-14H,7-11H2,1H3,(H,19,23,24). The molecule has 2 saturated heterocycles. The Morgan fingerprint density at radius 3 is 2.64 bits per heavy atom. The Hall–Kier alpha value is -2.61. The van der Waals surface area contributed by atoms with E-state index < -0.39 is 18.2 Å². The summed E-state index contributed by atoms with van der Waals surface area (Å²) >= 11 is 0. The highest BCUT2D eigenvalue weighted by atomic mass is 16.5. The second-order valence-corrected chi connectivity index (χ2v) is 6.41. The first-order chi connectivity index (χ1) is 12.1. The Morgan fingerprint density at radius 1 is 1.20 bits per heavy atom. The van der Waals surface area contributed by atoms with Gasteiger partial charge in [0, 0.05) is 26.7 Å². The number of rotatable bonds is 2. The van der Waals surface area contributed by atoms with Gasteiger partial charge in [-0.15, -0.1) is 0 Å². The van der Waals surface area contributed by atoms with Crippen LogP contribution in [0.15, 0.2) is 35.3 Å². The van der Waals surface area contributed by atoms with Crippen molar-refractivity contribution >= 4 is 17.9 Å². The van der Waals surface area contributed by atoms with Crippen LogP contribution in [0.5, 0.6) is 0 Å². The number of guanidine groups is 1. The van der Waals surface area contributed by atoms with Crippen molar-refractivity contribution in [2.24, 2.45) is 4.99 Å². The zero-order chi connectivity index (χ0) is 17.4. The van der Waals surface area contributed by atoms with Gasteiger partial charge in [-0.2, -0.15) is 0 Å². The second kappa shape index (κ2) is 6.36. The number of hydrogen-bond acceptors (Lipinski definition) is 6. The first-order valence-corrected chi connectivity index (χ1v) is 8.44. The Morgan fingerprint density at radius 2 is 1.92 bits per heavy atom. The summed E-state index contributed by atoms with van der Waals surface area (Å²) in [7, 11) is 1.67. The summed E-state index contributed by atoms with van der Waals surface area (Å²) in [5, 5.41) is 2.43. The van der Waals surface area contributed by atoms with Gasteiger partial charge in [0.25, 0.3) is 5.91 Å². The molecule has 2 unspecified atom stereocenters. The maximum atomic E-state index is 12.5. The third-order valence-electron chi connectivity index (χ3n) is 4.83. The molecule has 3 aliphatic heterocycles. The number of ether oxygens (including phenoxy) is 1. The van der Waals surface area contributed by atoms with E-state index in [-0.39, 0.29) is 5.91 Å². The number of urea groups is 1. The second-order valence-electron chi connectivity index (χ2n) is 6.41. The lowest BCUT2D eigenvalue weighted by Crippen LogP contribution is -2.64. The number of nitrogens with one attached hydrogen (secondary N) is 1. The van der Waals surface area contributed by atoms with Gasteiger partial charge in [-0.05, 0) is 5.56 Å². The van der Waals surface area contributed by atoms with Gasteiger partial charge in [-0.3, -0.25) is 10.1 Å². The number of aliphatic imine (C=N–C) groups is 1. The van der Waals surface area contributed by atoms with E-state index in [2.05, 4.69) is 10.2 Å². The number of carbonyl (C=O) groups excluding carboxylic acids is 2. The van der Waals surface area contributed by atoms with E-state index in [4.69, 9.17) is 9.73 Å². The first-order valence-electron chi connectivity index (χ1n) is 8.44. The van der Waals surface area contributed by atoms with Crippen molar-refractivity contribution in [3.05, 3.63) is 35.9 Å². The Bertz CT molecular complexity index is 701. The fourth-order valence-corrected chi connectivity index (χ4v) is 3.49. The quantitative estimate of drug-likeness (QED) is 0.822. The number of nitrogens with zero attached hydrogens (tertiary/aromatic N) is 4. The number of fused-ring (bicyclic) bond motifs is 1. The van der Waals surface area contributed by atoms with E-state index in [1.807, 2.05) is 35.2 Å². The molecule has 132 valence electrons. The van der Waals surface area contributed by atoms with Gasteiger partial charge in [0.15, 0.2) is 18.2 Å². The van der Waals surface area contributed by atoms with Gasteiger partial charge in [0.05, 0.1) is 13.2 Å². The van der Waals surface area contributed by atoms with Crippen LogP contribution in [0.4, 0.5) is 4.79 Å². The van der Waals surface area contributed by atoms with Crippen LogP contribution in [-0.4, -0.2) is 78.2 Å². The predicted octanol–water partition coefficient (Wildman–Crippen LogP) is 0.0667. The number of hydrogen-bond donors (Lipinski definition) is 1. The third-order valence-corrected chi connectivity index (χ3v) is 4.83. The first kappa shape index (κ1) is 15.9. The number of morpholine rings is 1. The van der Waals surface area contributed by atoms with E-state index in [9.17, 15) is 9.59 Å². The van der Waals surface area contributed by atoms with Crippen LogP contribution in [-0.2, 0) is 16.1 Å². The molecule has 4 rings (SSSR count). The molecule has 0 radical (unpaired) electrons. The third kappa shape index (κ3) is 2.82. The van der Waals surface area contributed by atoms with E-state index in [1.54, 1.807) is 7.05 Å². The summed E-state index contributed by atoms with van der Waals surface area (Å²) in [4.78, 5) is 34.9. The van der Waals surface area contributed by atoms with Crippen molar-refractivity contribution in [2.75, 3.05) is 33.4 Å². The van der Waals surface area contributed by atoms with Crippen molar-refractivity contribution in [3.8, 4) is 0 Å². The number of amides is 3. The van der Waals surface area contributed by atoms with Crippen LogP contribution >= 0.6 is 0 Å². The van der Waals surface area contributed by atoms with Crippen molar-refractivity contribution in [1.82, 2.24) is 20.0 Å². The molecule has 0 aliphatic carbocycles. The monoisotopic (exact) mass is 343 g/mol. The molecule has 3 amide bonds. The van der Waals surface area contributed by atoms with E-state index in [1.165, 1.54) is 4.90 Å². The minimum absolute atomic E-state index is 0.295. The summed E-state index contributed by atoms with van der Waals surface area (Å²) in [6, 6.07) is 9.06. The minimum Gasteiger partial charge on any atom is -0.378 e. The number of carbonyl (C=O) groups is 2. The lowest BCUT2D eigenvalue weighted by atomic mass is 10.1. The molecule has 25 heavy (non-hydrogen) atoms. The van der Waals surface area contributed by atoms with E-state index in [0.29, 0.717) is 19.8 Å². The highest BCUT2D eigenvalue weighted by Gasteiger charge is 2.49. The summed E-state index contributed by atoms with van der Waals surface area (Å²) in [5.74, 6) is 0.467. The highest BCUT2D eigenvalue weighted by molar-refractivity contribution is 6.03. The van der Waals surface area contributed by atoms with Crippen molar-refractivity contribution in [1.29, 1.82) is 0 Å². The van der Waals surface area contributed by atoms with Gasteiger partial charge < -0.3 is 19.4 Å². The van der Waals surface area contributed by atoms with Gasteiger partial charge in [0.1, 0.15) is 0 Å². The van der Waals surface area contributed by atoms with Crippen molar-refractivity contribution < 1.29 is 14.3 Å². The van der Waals surface area contributed by atoms with Crippen molar-refractivity contribution in [3.63, 3.8) is 0 Å². The molecule has 2 atom stereocenters. The molecule has 0 aromatic heterocycles. The molecule has 2 fully saturated rings. The van der Waals surface area contributed by atoms with Crippen molar-refractivity contribution in [2.45, 2.75) is 18.8 Å². The maximum Gasteiger partial charge on any atom is 0.325 e. The average Bonchev–Trinajstić information content (AvgIpc) is 3.01. The summed E-state index contributed by atoms with van der Waals surface area (Å²) in [6.07, 6.45) is -0.497. The predicted molar refractivity (Wildman–Crippen MR) is 90.7 cm³/mol. The Kier molecular flexibility index (Phi) is 4.04. The maximum absolute atomic E-state index is 12.5. The molecule has 0 saturated carbocycles. The molecular weight excluding hydrogens is 322 g/mol. The fraction of sp³-hybridized carbons (Fsp3) is 0.471. The zero-order valence-corrected chi connectivity index (χ0v) is 14.1. The lowest BCUT2D eigenvalue weighted by molar-refractivity contribution is -0.127.